The van der Waals surface area contributed by atoms with Crippen LogP contribution in [0.15, 0.2) is 34.8 Å². The Morgan fingerprint density at radius 3 is 2.36 bits per heavy atom. The molecule has 0 aliphatic carbocycles. The van der Waals surface area contributed by atoms with E-state index >= 15 is 0 Å². The third-order valence-corrected chi connectivity index (χ3v) is 4.23. The zero-order chi connectivity index (χ0) is 16.4. The van der Waals surface area contributed by atoms with Gasteiger partial charge in [0.25, 0.3) is 0 Å². The summed E-state index contributed by atoms with van der Waals surface area (Å²) in [5.74, 6) is -1.15. The molecule has 116 valence electrons. The van der Waals surface area contributed by atoms with Crippen molar-refractivity contribution in [3.05, 3.63) is 51.8 Å². The number of aliphatic carboxylic acids is 1. The van der Waals surface area contributed by atoms with Gasteiger partial charge in [-0.05, 0) is 53.2 Å². The normalized spacial score (nSPS) is 12.0. The van der Waals surface area contributed by atoms with Crippen LogP contribution in [0.3, 0.4) is 0 Å². The summed E-state index contributed by atoms with van der Waals surface area (Å²) in [6.45, 7) is 1.59. The number of carboxylic acid groups (broad SMARTS) is 1. The van der Waals surface area contributed by atoms with E-state index in [1.165, 1.54) is 0 Å². The molecular formula is C16H16BrNO4. The fraction of sp³-hybridized carbons (Fsp3) is 0.250. The van der Waals surface area contributed by atoms with Gasteiger partial charge in [-0.15, -0.1) is 0 Å². The minimum absolute atomic E-state index is 0.172. The largest absolute Gasteiger partial charge is 0.497 e. The third kappa shape index (κ3) is 2.92. The van der Waals surface area contributed by atoms with Gasteiger partial charge in [-0.3, -0.25) is 9.59 Å². The van der Waals surface area contributed by atoms with Crippen LogP contribution in [0, 0.1) is 0 Å². The molecule has 2 rings (SSSR count). The van der Waals surface area contributed by atoms with Crippen LogP contribution in [-0.4, -0.2) is 28.5 Å². The lowest BCUT2D eigenvalue weighted by Gasteiger charge is -2.11. The summed E-state index contributed by atoms with van der Waals surface area (Å²) >= 11 is 3.34. The number of ether oxygens (including phenoxy) is 1. The Labute approximate surface area is 136 Å². The maximum absolute atomic E-state index is 12.6. The number of aromatic nitrogens is 1. The first kappa shape index (κ1) is 16.3. The molecule has 1 atom stereocenters. The first-order valence-corrected chi connectivity index (χ1v) is 7.42. The van der Waals surface area contributed by atoms with Gasteiger partial charge in [-0.2, -0.15) is 0 Å². The quantitative estimate of drug-likeness (QED) is 0.826. The van der Waals surface area contributed by atoms with E-state index in [1.54, 1.807) is 56.0 Å². The van der Waals surface area contributed by atoms with Crippen LogP contribution >= 0.6 is 15.9 Å². The van der Waals surface area contributed by atoms with E-state index in [4.69, 9.17) is 4.74 Å². The number of hydrogen-bond acceptors (Lipinski definition) is 3. The lowest BCUT2D eigenvalue weighted by Crippen LogP contribution is -2.15. The molecule has 1 aromatic carbocycles. The van der Waals surface area contributed by atoms with Crippen molar-refractivity contribution < 1.29 is 19.4 Å². The highest BCUT2D eigenvalue weighted by Gasteiger charge is 2.25. The molecule has 1 N–H and O–H groups in total. The Balaban J connectivity index is 2.42. The Morgan fingerprint density at radius 2 is 1.86 bits per heavy atom. The summed E-state index contributed by atoms with van der Waals surface area (Å²) in [7, 11) is 3.25. The zero-order valence-electron chi connectivity index (χ0n) is 12.5. The fourth-order valence-corrected chi connectivity index (χ4v) is 3.13. The highest BCUT2D eigenvalue weighted by atomic mass is 79.9. The number of hydrogen-bond donors (Lipinski definition) is 1. The second-order valence-electron chi connectivity index (χ2n) is 4.94. The maximum Gasteiger partial charge on any atom is 0.312 e. The standard InChI is InChI=1S/C16H16BrNO4/c1-9(16(20)21)14-12(17)8-13(18(14)2)15(19)10-4-6-11(22-3)7-5-10/h4-9H,1-3H3,(H,20,21). The Kier molecular flexibility index (Phi) is 4.71. The Morgan fingerprint density at radius 1 is 1.27 bits per heavy atom. The first-order chi connectivity index (χ1) is 10.4. The van der Waals surface area contributed by atoms with Crippen molar-refractivity contribution in [3.8, 4) is 5.75 Å². The first-order valence-electron chi connectivity index (χ1n) is 6.63. The SMILES string of the molecule is COc1ccc(C(=O)c2cc(Br)c(C(C)C(=O)O)n2C)cc1. The number of carbonyl (C=O) groups is 2. The second-order valence-corrected chi connectivity index (χ2v) is 5.79. The molecule has 0 radical (unpaired) electrons. The van der Waals surface area contributed by atoms with Crippen molar-refractivity contribution in [3.63, 3.8) is 0 Å². The maximum atomic E-state index is 12.6. The van der Waals surface area contributed by atoms with Crippen LogP contribution in [0.2, 0.25) is 0 Å². The van der Waals surface area contributed by atoms with Crippen LogP contribution in [0.5, 0.6) is 5.75 Å². The summed E-state index contributed by atoms with van der Waals surface area (Å²) in [5, 5.41) is 9.17. The number of carboxylic acids is 1. The smallest absolute Gasteiger partial charge is 0.312 e. The van der Waals surface area contributed by atoms with E-state index < -0.39 is 11.9 Å². The third-order valence-electron chi connectivity index (χ3n) is 3.60. The van der Waals surface area contributed by atoms with Gasteiger partial charge in [-0.25, -0.2) is 0 Å². The van der Waals surface area contributed by atoms with E-state index in [-0.39, 0.29) is 5.78 Å². The molecule has 1 aromatic heterocycles. The highest BCUT2D eigenvalue weighted by molar-refractivity contribution is 9.10. The predicted octanol–water partition coefficient (Wildman–Crippen LogP) is 3.22. The van der Waals surface area contributed by atoms with Gasteiger partial charge in [0.2, 0.25) is 5.78 Å². The predicted molar refractivity (Wildman–Crippen MR) is 85.6 cm³/mol. The van der Waals surface area contributed by atoms with Gasteiger partial charge in [-0.1, -0.05) is 0 Å². The van der Waals surface area contributed by atoms with Gasteiger partial charge in [0.15, 0.2) is 0 Å². The molecule has 2 aromatic rings. The second kappa shape index (κ2) is 6.36. The summed E-state index contributed by atoms with van der Waals surface area (Å²) < 4.78 is 7.30. The van der Waals surface area contributed by atoms with Crippen molar-refractivity contribution in [2.24, 2.45) is 7.05 Å². The Bertz CT molecular complexity index is 718. The van der Waals surface area contributed by atoms with E-state index in [0.29, 0.717) is 27.2 Å². The van der Waals surface area contributed by atoms with E-state index in [1.807, 2.05) is 0 Å². The van der Waals surface area contributed by atoms with Crippen LogP contribution < -0.4 is 4.74 Å². The van der Waals surface area contributed by atoms with Crippen LogP contribution in [-0.2, 0) is 11.8 Å². The molecule has 6 heteroatoms. The molecule has 0 saturated heterocycles. The van der Waals surface area contributed by atoms with Crippen molar-refractivity contribution in [1.29, 1.82) is 0 Å². The average Bonchev–Trinajstić information content (AvgIpc) is 2.80. The summed E-state index contributed by atoms with van der Waals surface area (Å²) in [4.78, 5) is 23.8. The van der Waals surface area contributed by atoms with Crippen LogP contribution in [0.25, 0.3) is 0 Å². The molecule has 0 amide bonds. The number of ketones is 1. The van der Waals surface area contributed by atoms with Crippen LogP contribution in [0.4, 0.5) is 0 Å². The summed E-state index contributed by atoms with van der Waals surface area (Å²) in [5.41, 5.74) is 1.51. The van der Waals surface area contributed by atoms with Gasteiger partial charge < -0.3 is 14.4 Å². The molecule has 0 aliphatic rings. The van der Waals surface area contributed by atoms with Crippen molar-refractivity contribution in [2.75, 3.05) is 7.11 Å². The average molecular weight is 366 g/mol. The molecule has 0 fully saturated rings. The van der Waals surface area contributed by atoms with Crippen molar-refractivity contribution in [2.45, 2.75) is 12.8 Å². The Hall–Kier alpha value is -2.08. The number of carbonyl (C=O) groups excluding carboxylic acids is 1. The van der Waals surface area contributed by atoms with E-state index in [9.17, 15) is 14.7 Å². The monoisotopic (exact) mass is 365 g/mol. The van der Waals surface area contributed by atoms with Gasteiger partial charge in [0, 0.05) is 22.8 Å². The molecule has 1 heterocycles. The minimum atomic E-state index is -0.939. The van der Waals surface area contributed by atoms with Gasteiger partial charge >= 0.3 is 5.97 Å². The van der Waals surface area contributed by atoms with Gasteiger partial charge in [0.05, 0.1) is 18.7 Å². The molecule has 0 bridgehead atoms. The highest BCUT2D eigenvalue weighted by Crippen LogP contribution is 2.29. The van der Waals surface area contributed by atoms with E-state index in [0.717, 1.165) is 0 Å². The topological polar surface area (TPSA) is 68.5 Å². The molecule has 22 heavy (non-hydrogen) atoms. The van der Waals surface area contributed by atoms with Crippen molar-refractivity contribution in [1.82, 2.24) is 4.57 Å². The zero-order valence-corrected chi connectivity index (χ0v) is 14.0. The van der Waals surface area contributed by atoms with Gasteiger partial charge in [0.1, 0.15) is 5.75 Å². The number of methoxy groups -OCH3 is 1. The summed E-state index contributed by atoms with van der Waals surface area (Å²) in [6.07, 6.45) is 0. The number of benzene rings is 1. The lowest BCUT2D eigenvalue weighted by molar-refractivity contribution is -0.138. The molecule has 1 unspecified atom stereocenters. The van der Waals surface area contributed by atoms with Crippen LogP contribution in [0.1, 0.15) is 34.6 Å². The molecule has 0 aliphatic heterocycles. The molecule has 0 spiro atoms. The minimum Gasteiger partial charge on any atom is -0.497 e. The fourth-order valence-electron chi connectivity index (χ4n) is 2.30. The molecule has 5 nitrogen and oxygen atoms in total. The molecule has 0 saturated carbocycles. The summed E-state index contributed by atoms with van der Waals surface area (Å²) in [6, 6.07) is 8.45. The number of nitrogens with zero attached hydrogens (tertiary/aromatic N) is 1. The number of rotatable bonds is 5. The molecular weight excluding hydrogens is 350 g/mol. The van der Waals surface area contributed by atoms with Crippen molar-refractivity contribution >= 4 is 27.7 Å². The number of halogens is 1. The van der Waals surface area contributed by atoms with E-state index in [2.05, 4.69) is 15.9 Å². The lowest BCUT2D eigenvalue weighted by atomic mass is 10.1.